The van der Waals surface area contributed by atoms with E-state index in [0.717, 1.165) is 3.57 Å². The predicted molar refractivity (Wildman–Crippen MR) is 82.0 cm³/mol. The van der Waals surface area contributed by atoms with Crippen LogP contribution in [-0.2, 0) is 0 Å². The number of hydrogen-bond donors (Lipinski definition) is 3. The van der Waals surface area contributed by atoms with E-state index in [-0.39, 0.29) is 11.6 Å². The Morgan fingerprint density at radius 1 is 1.26 bits per heavy atom. The van der Waals surface area contributed by atoms with Crippen LogP contribution in [0.5, 0.6) is 0 Å². The molecule has 0 spiro atoms. The number of amides is 1. The molecule has 0 saturated heterocycles. The maximum atomic E-state index is 11.9. The van der Waals surface area contributed by atoms with Crippen LogP contribution in [0, 0.1) is 3.57 Å². The number of anilines is 2. The van der Waals surface area contributed by atoms with Gasteiger partial charge in [0.2, 0.25) is 0 Å². The topological polar surface area (TPSA) is 92.9 Å². The van der Waals surface area contributed by atoms with Crippen molar-refractivity contribution in [3.8, 4) is 0 Å². The van der Waals surface area contributed by atoms with E-state index in [4.69, 9.17) is 17.4 Å². The molecule has 0 aliphatic rings. The molecule has 1 aromatic heterocycles. The summed E-state index contributed by atoms with van der Waals surface area (Å²) in [6, 6.07) is 8.39. The van der Waals surface area contributed by atoms with Gasteiger partial charge in [-0.1, -0.05) is 11.6 Å². The molecule has 2 rings (SSSR count). The summed E-state index contributed by atoms with van der Waals surface area (Å²) in [5.41, 5.74) is 3.03. The number of carbonyl (C=O) groups excluding carboxylic acids is 1. The molecule has 6 nitrogen and oxygen atoms in total. The fraction of sp³-hybridized carbons (Fsp3) is 0. The average molecular weight is 390 g/mol. The minimum atomic E-state index is -0.390. The van der Waals surface area contributed by atoms with E-state index in [1.165, 1.54) is 6.07 Å². The maximum Gasteiger partial charge on any atom is 0.276 e. The molecular weight excluding hydrogens is 381 g/mol. The van der Waals surface area contributed by atoms with Crippen molar-refractivity contribution in [1.29, 1.82) is 0 Å². The van der Waals surface area contributed by atoms with Gasteiger partial charge >= 0.3 is 0 Å². The third-order valence-corrected chi connectivity index (χ3v) is 3.21. The van der Waals surface area contributed by atoms with E-state index in [2.05, 4.69) is 43.5 Å². The first-order chi connectivity index (χ1) is 9.10. The van der Waals surface area contributed by atoms with E-state index < -0.39 is 0 Å². The van der Waals surface area contributed by atoms with Crippen molar-refractivity contribution in [1.82, 2.24) is 10.2 Å². The van der Waals surface area contributed by atoms with E-state index in [9.17, 15) is 4.79 Å². The van der Waals surface area contributed by atoms with Gasteiger partial charge in [-0.15, -0.1) is 10.2 Å². The third kappa shape index (κ3) is 3.52. The summed E-state index contributed by atoms with van der Waals surface area (Å²) in [7, 11) is 0. The van der Waals surface area contributed by atoms with Gasteiger partial charge in [0.15, 0.2) is 11.5 Å². The normalized spacial score (nSPS) is 10.1. The van der Waals surface area contributed by atoms with Crippen LogP contribution in [0.1, 0.15) is 10.5 Å². The number of carbonyl (C=O) groups is 1. The SMILES string of the molecule is NNc1ccc(C(=O)Nc2ccc(I)cc2Cl)nn1. The summed E-state index contributed by atoms with van der Waals surface area (Å²) < 4.78 is 0.985. The van der Waals surface area contributed by atoms with Crippen LogP contribution in [0.25, 0.3) is 0 Å². The highest BCUT2D eigenvalue weighted by Crippen LogP contribution is 2.24. The Morgan fingerprint density at radius 3 is 2.63 bits per heavy atom. The molecule has 98 valence electrons. The zero-order chi connectivity index (χ0) is 13.8. The molecule has 19 heavy (non-hydrogen) atoms. The molecule has 1 heterocycles. The van der Waals surface area contributed by atoms with Gasteiger partial charge in [0, 0.05) is 3.57 Å². The van der Waals surface area contributed by atoms with Crippen LogP contribution in [0.4, 0.5) is 11.5 Å². The van der Waals surface area contributed by atoms with E-state index in [1.54, 1.807) is 18.2 Å². The summed E-state index contributed by atoms with van der Waals surface area (Å²) in [6.07, 6.45) is 0. The number of nitrogens with zero attached hydrogens (tertiary/aromatic N) is 2. The van der Waals surface area contributed by atoms with Crippen molar-refractivity contribution in [2.45, 2.75) is 0 Å². The average Bonchev–Trinajstić information content (AvgIpc) is 2.42. The Hall–Kier alpha value is -1.45. The van der Waals surface area contributed by atoms with Gasteiger partial charge in [-0.05, 0) is 52.9 Å². The molecular formula is C11H9ClIN5O. The zero-order valence-corrected chi connectivity index (χ0v) is 12.4. The highest BCUT2D eigenvalue weighted by atomic mass is 127. The summed E-state index contributed by atoms with van der Waals surface area (Å²) in [6.45, 7) is 0. The maximum absolute atomic E-state index is 11.9. The first-order valence-corrected chi connectivity index (χ1v) is 6.62. The highest BCUT2D eigenvalue weighted by molar-refractivity contribution is 14.1. The Morgan fingerprint density at radius 2 is 2.05 bits per heavy atom. The van der Waals surface area contributed by atoms with Crippen molar-refractivity contribution < 1.29 is 4.79 Å². The zero-order valence-electron chi connectivity index (χ0n) is 9.52. The van der Waals surface area contributed by atoms with Crippen LogP contribution in [-0.4, -0.2) is 16.1 Å². The molecule has 0 aliphatic heterocycles. The largest absolute Gasteiger partial charge is 0.319 e. The Balaban J connectivity index is 2.15. The van der Waals surface area contributed by atoms with Gasteiger partial charge in [-0.25, -0.2) is 5.84 Å². The lowest BCUT2D eigenvalue weighted by atomic mass is 10.3. The first-order valence-electron chi connectivity index (χ1n) is 5.17. The standard InChI is InChI=1S/C11H9ClIN5O/c12-7-5-6(13)1-2-8(7)15-11(19)9-3-4-10(16-14)18-17-9/h1-5H,14H2,(H,15,19)(H,16,18). The van der Waals surface area contributed by atoms with Crippen LogP contribution in [0.3, 0.4) is 0 Å². The van der Waals surface area contributed by atoms with Gasteiger partial charge in [0.1, 0.15) is 0 Å². The Bertz CT molecular complexity index is 605. The number of halogens is 2. The summed E-state index contributed by atoms with van der Waals surface area (Å²) in [5.74, 6) is 5.15. The monoisotopic (exact) mass is 389 g/mol. The molecule has 0 fully saturated rings. The number of aromatic nitrogens is 2. The van der Waals surface area contributed by atoms with Crippen molar-refractivity contribution in [2.24, 2.45) is 5.84 Å². The molecule has 0 atom stereocenters. The number of nitrogen functional groups attached to an aromatic ring is 1. The van der Waals surface area contributed by atoms with Gasteiger partial charge in [0.05, 0.1) is 10.7 Å². The lowest BCUT2D eigenvalue weighted by Gasteiger charge is -2.07. The molecule has 1 amide bonds. The number of nitrogens with one attached hydrogen (secondary N) is 2. The molecule has 4 N–H and O–H groups in total. The number of nitrogens with two attached hydrogens (primary N) is 1. The molecule has 8 heteroatoms. The minimum Gasteiger partial charge on any atom is -0.319 e. The van der Waals surface area contributed by atoms with Gasteiger partial charge < -0.3 is 10.7 Å². The van der Waals surface area contributed by atoms with E-state index in [1.807, 2.05) is 6.07 Å². The highest BCUT2D eigenvalue weighted by Gasteiger charge is 2.10. The molecule has 0 radical (unpaired) electrons. The number of benzene rings is 1. The van der Waals surface area contributed by atoms with E-state index >= 15 is 0 Å². The number of hydrogen-bond acceptors (Lipinski definition) is 5. The molecule has 0 unspecified atom stereocenters. The van der Waals surface area contributed by atoms with Gasteiger partial charge in [0.25, 0.3) is 5.91 Å². The second-order valence-electron chi connectivity index (χ2n) is 3.53. The number of rotatable bonds is 3. The second kappa shape index (κ2) is 6.13. The predicted octanol–water partition coefficient (Wildman–Crippen LogP) is 2.27. The van der Waals surface area contributed by atoms with Crippen molar-refractivity contribution in [2.75, 3.05) is 10.7 Å². The minimum absolute atomic E-state index is 0.175. The molecule has 1 aromatic carbocycles. The van der Waals surface area contributed by atoms with Crippen LogP contribution < -0.4 is 16.6 Å². The third-order valence-electron chi connectivity index (χ3n) is 2.22. The first kappa shape index (κ1) is 14.0. The fourth-order valence-electron chi connectivity index (χ4n) is 1.31. The quantitative estimate of drug-likeness (QED) is 0.425. The van der Waals surface area contributed by atoms with Crippen molar-refractivity contribution in [3.63, 3.8) is 0 Å². The smallest absolute Gasteiger partial charge is 0.276 e. The van der Waals surface area contributed by atoms with Crippen molar-refractivity contribution in [3.05, 3.63) is 44.6 Å². The Labute approximate surface area is 127 Å². The van der Waals surface area contributed by atoms with Crippen LogP contribution >= 0.6 is 34.2 Å². The van der Waals surface area contributed by atoms with Crippen LogP contribution in [0.15, 0.2) is 30.3 Å². The summed E-state index contributed by atoms with van der Waals surface area (Å²) in [5, 5.41) is 10.6. The summed E-state index contributed by atoms with van der Waals surface area (Å²) in [4.78, 5) is 11.9. The lowest BCUT2D eigenvalue weighted by molar-refractivity contribution is 0.102. The van der Waals surface area contributed by atoms with Gasteiger partial charge in [-0.3, -0.25) is 4.79 Å². The lowest BCUT2D eigenvalue weighted by Crippen LogP contribution is -2.16. The Kier molecular flexibility index (Phi) is 4.51. The second-order valence-corrected chi connectivity index (χ2v) is 5.18. The number of hydrazine groups is 1. The summed E-state index contributed by atoms with van der Waals surface area (Å²) >= 11 is 8.16. The van der Waals surface area contributed by atoms with E-state index in [0.29, 0.717) is 16.5 Å². The van der Waals surface area contributed by atoms with Crippen LogP contribution in [0.2, 0.25) is 5.02 Å². The molecule has 0 aliphatic carbocycles. The molecule has 0 bridgehead atoms. The van der Waals surface area contributed by atoms with Crippen molar-refractivity contribution >= 4 is 51.6 Å². The molecule has 2 aromatic rings. The molecule has 0 saturated carbocycles. The van der Waals surface area contributed by atoms with Gasteiger partial charge in [-0.2, -0.15) is 0 Å². The fourth-order valence-corrected chi connectivity index (χ4v) is 2.21.